The number of aliphatic carboxylic acids is 1. The van der Waals surface area contributed by atoms with Crippen LogP contribution in [0.25, 0.3) is 0 Å². The van der Waals surface area contributed by atoms with Gasteiger partial charge in [-0.2, -0.15) is 4.37 Å². The molecular weight excluding hydrogens is 248 g/mol. The van der Waals surface area contributed by atoms with E-state index < -0.39 is 11.9 Å². The Bertz CT molecular complexity index is 548. The summed E-state index contributed by atoms with van der Waals surface area (Å²) in [5, 5.41) is 9.86. The number of nitrogens with zero attached hydrogens (tertiary/aromatic N) is 2. The van der Waals surface area contributed by atoms with Crippen LogP contribution in [0.2, 0.25) is 0 Å². The van der Waals surface area contributed by atoms with E-state index in [2.05, 4.69) is 9.36 Å². The Morgan fingerprint density at radius 2 is 2.00 bits per heavy atom. The summed E-state index contributed by atoms with van der Waals surface area (Å²) < 4.78 is 4.04. The monoisotopic (exact) mass is 262 g/mol. The largest absolute Gasteiger partial charge is 0.481 e. The lowest BCUT2D eigenvalue weighted by molar-refractivity contribution is -0.138. The van der Waals surface area contributed by atoms with Crippen molar-refractivity contribution < 1.29 is 9.90 Å². The van der Waals surface area contributed by atoms with Gasteiger partial charge in [-0.3, -0.25) is 4.79 Å². The molecule has 0 amide bonds. The molecule has 5 heteroatoms. The van der Waals surface area contributed by atoms with Crippen LogP contribution in [0, 0.1) is 13.8 Å². The third kappa shape index (κ3) is 2.92. The molecule has 0 radical (unpaired) electrons. The number of aryl methyl sites for hydroxylation is 2. The highest BCUT2D eigenvalue weighted by Gasteiger charge is 2.24. The minimum absolute atomic E-state index is 0.449. The van der Waals surface area contributed by atoms with Gasteiger partial charge in [0.1, 0.15) is 16.7 Å². The van der Waals surface area contributed by atoms with Gasteiger partial charge in [-0.1, -0.05) is 29.8 Å². The van der Waals surface area contributed by atoms with Crippen LogP contribution in [-0.4, -0.2) is 20.4 Å². The molecule has 94 valence electrons. The van der Waals surface area contributed by atoms with E-state index >= 15 is 0 Å². The fourth-order valence-corrected chi connectivity index (χ4v) is 2.45. The summed E-state index contributed by atoms with van der Waals surface area (Å²) in [5.41, 5.74) is 2.17. The van der Waals surface area contributed by atoms with Gasteiger partial charge in [-0.15, -0.1) is 0 Å². The van der Waals surface area contributed by atoms with Gasteiger partial charge in [0.05, 0.1) is 0 Å². The number of hydrogen-bond acceptors (Lipinski definition) is 4. The summed E-state index contributed by atoms with van der Waals surface area (Å²) in [6.45, 7) is 3.78. The summed E-state index contributed by atoms with van der Waals surface area (Å²) in [7, 11) is 0. The van der Waals surface area contributed by atoms with E-state index in [0.29, 0.717) is 17.3 Å². The van der Waals surface area contributed by atoms with Crippen LogP contribution in [0.3, 0.4) is 0 Å². The first kappa shape index (κ1) is 12.7. The van der Waals surface area contributed by atoms with Gasteiger partial charge >= 0.3 is 5.97 Å². The quantitative estimate of drug-likeness (QED) is 0.919. The second-order valence-electron chi connectivity index (χ2n) is 4.26. The van der Waals surface area contributed by atoms with Crippen molar-refractivity contribution in [1.29, 1.82) is 0 Å². The standard InChI is InChI=1S/C13H14N2O2S/c1-8-3-5-10(6-4-8)7-11(13(16)17)12-14-9(2)15-18-12/h3-6,11H,7H2,1-2H3,(H,16,17). The molecule has 0 fully saturated rings. The normalized spacial score (nSPS) is 12.3. The van der Waals surface area contributed by atoms with Crippen molar-refractivity contribution >= 4 is 17.5 Å². The summed E-state index contributed by atoms with van der Waals surface area (Å²) in [6, 6.07) is 7.89. The highest BCUT2D eigenvalue weighted by molar-refractivity contribution is 7.05. The van der Waals surface area contributed by atoms with E-state index in [1.807, 2.05) is 31.2 Å². The van der Waals surface area contributed by atoms with Crippen molar-refractivity contribution in [2.45, 2.75) is 26.2 Å². The smallest absolute Gasteiger partial charge is 0.313 e. The van der Waals surface area contributed by atoms with E-state index in [1.165, 1.54) is 11.5 Å². The fraction of sp³-hybridized carbons (Fsp3) is 0.308. The molecule has 0 saturated heterocycles. The van der Waals surface area contributed by atoms with Crippen LogP contribution in [0.5, 0.6) is 0 Å². The molecule has 4 nitrogen and oxygen atoms in total. The van der Waals surface area contributed by atoms with Gasteiger partial charge in [0.2, 0.25) is 0 Å². The van der Waals surface area contributed by atoms with Gasteiger partial charge in [0, 0.05) is 0 Å². The van der Waals surface area contributed by atoms with Gasteiger partial charge in [0.25, 0.3) is 0 Å². The number of benzene rings is 1. The molecule has 0 saturated carbocycles. The van der Waals surface area contributed by atoms with Crippen LogP contribution in [-0.2, 0) is 11.2 Å². The summed E-state index contributed by atoms with van der Waals surface area (Å²) in [4.78, 5) is 15.5. The van der Waals surface area contributed by atoms with Crippen LogP contribution in [0.4, 0.5) is 0 Å². The maximum Gasteiger partial charge on any atom is 0.313 e. The van der Waals surface area contributed by atoms with Crippen molar-refractivity contribution in [3.05, 3.63) is 46.2 Å². The molecule has 2 rings (SSSR count). The van der Waals surface area contributed by atoms with Crippen LogP contribution >= 0.6 is 11.5 Å². The Labute approximate surface area is 109 Å². The average Bonchev–Trinajstić information content (AvgIpc) is 2.74. The Morgan fingerprint density at radius 1 is 1.33 bits per heavy atom. The van der Waals surface area contributed by atoms with Crippen molar-refractivity contribution in [1.82, 2.24) is 9.36 Å². The molecule has 1 aromatic heterocycles. The Kier molecular flexibility index (Phi) is 3.72. The lowest BCUT2D eigenvalue weighted by Crippen LogP contribution is -2.14. The zero-order chi connectivity index (χ0) is 13.1. The molecule has 1 N–H and O–H groups in total. The second kappa shape index (κ2) is 5.27. The van der Waals surface area contributed by atoms with Crippen LogP contribution in [0.1, 0.15) is 27.9 Å². The zero-order valence-electron chi connectivity index (χ0n) is 10.3. The minimum Gasteiger partial charge on any atom is -0.481 e. The van der Waals surface area contributed by atoms with Gasteiger partial charge in [-0.25, -0.2) is 4.98 Å². The maximum absolute atomic E-state index is 11.3. The SMILES string of the molecule is Cc1ccc(CC(C(=O)O)c2nc(C)ns2)cc1. The van der Waals surface area contributed by atoms with Crippen molar-refractivity contribution in [3.63, 3.8) is 0 Å². The molecular formula is C13H14N2O2S. The lowest BCUT2D eigenvalue weighted by Gasteiger charge is -2.09. The van der Waals surface area contributed by atoms with Crippen molar-refractivity contribution in [2.75, 3.05) is 0 Å². The topological polar surface area (TPSA) is 63.1 Å². The van der Waals surface area contributed by atoms with E-state index in [1.54, 1.807) is 6.92 Å². The minimum atomic E-state index is -0.855. The van der Waals surface area contributed by atoms with E-state index in [9.17, 15) is 9.90 Å². The van der Waals surface area contributed by atoms with Gasteiger partial charge in [-0.05, 0) is 37.4 Å². The Balaban J connectivity index is 2.22. The van der Waals surface area contributed by atoms with Crippen molar-refractivity contribution in [3.8, 4) is 0 Å². The molecule has 1 atom stereocenters. The predicted molar refractivity (Wildman–Crippen MR) is 69.9 cm³/mol. The number of rotatable bonds is 4. The number of carboxylic acids is 1. The third-order valence-corrected chi connectivity index (χ3v) is 3.62. The first-order chi connectivity index (χ1) is 8.56. The van der Waals surface area contributed by atoms with Gasteiger partial charge < -0.3 is 5.11 Å². The third-order valence-electron chi connectivity index (χ3n) is 2.70. The molecule has 18 heavy (non-hydrogen) atoms. The molecule has 1 unspecified atom stereocenters. The summed E-state index contributed by atoms with van der Waals surface area (Å²) in [5.74, 6) is -0.837. The van der Waals surface area contributed by atoms with E-state index in [0.717, 1.165) is 11.1 Å². The average molecular weight is 262 g/mol. The molecule has 0 aliphatic rings. The molecule has 0 aliphatic heterocycles. The fourth-order valence-electron chi connectivity index (χ4n) is 1.69. The van der Waals surface area contributed by atoms with E-state index in [4.69, 9.17) is 0 Å². The number of carboxylic acid groups (broad SMARTS) is 1. The molecule has 1 heterocycles. The number of carbonyl (C=O) groups is 1. The van der Waals surface area contributed by atoms with Gasteiger partial charge in [0.15, 0.2) is 0 Å². The first-order valence-electron chi connectivity index (χ1n) is 5.65. The van der Waals surface area contributed by atoms with Crippen molar-refractivity contribution in [2.24, 2.45) is 0 Å². The number of hydrogen-bond donors (Lipinski definition) is 1. The molecule has 0 bridgehead atoms. The summed E-state index contributed by atoms with van der Waals surface area (Å²) in [6.07, 6.45) is 0.449. The zero-order valence-corrected chi connectivity index (χ0v) is 11.1. The molecule has 1 aromatic carbocycles. The highest BCUT2D eigenvalue weighted by atomic mass is 32.1. The summed E-state index contributed by atoms with van der Waals surface area (Å²) >= 11 is 1.17. The van der Waals surface area contributed by atoms with Crippen LogP contribution < -0.4 is 0 Å². The molecule has 2 aromatic rings. The lowest BCUT2D eigenvalue weighted by atomic mass is 9.99. The highest BCUT2D eigenvalue weighted by Crippen LogP contribution is 2.23. The first-order valence-corrected chi connectivity index (χ1v) is 6.42. The second-order valence-corrected chi connectivity index (χ2v) is 5.04. The Morgan fingerprint density at radius 3 is 2.50 bits per heavy atom. The molecule has 0 aliphatic carbocycles. The van der Waals surface area contributed by atoms with E-state index in [-0.39, 0.29) is 0 Å². The maximum atomic E-state index is 11.3. The van der Waals surface area contributed by atoms with Crippen LogP contribution in [0.15, 0.2) is 24.3 Å². The molecule has 0 spiro atoms. The number of aromatic nitrogens is 2. The Hall–Kier alpha value is -1.75. The predicted octanol–water partition coefficient (Wildman–Crippen LogP) is 2.57.